The number of ether oxygens (including phenoxy) is 2. The van der Waals surface area contributed by atoms with Crippen molar-refractivity contribution < 1.29 is 27.5 Å². The molecule has 0 aromatic heterocycles. The first kappa shape index (κ1) is 24.8. The summed E-state index contributed by atoms with van der Waals surface area (Å²) in [5.41, 5.74) is 1.07. The lowest BCUT2D eigenvalue weighted by Crippen LogP contribution is -2.50. The van der Waals surface area contributed by atoms with Gasteiger partial charge in [0.15, 0.2) is 11.5 Å². The Hall–Kier alpha value is -2.79. The van der Waals surface area contributed by atoms with Crippen LogP contribution in [0.4, 0.5) is 5.69 Å². The zero-order chi connectivity index (χ0) is 24.2. The van der Waals surface area contributed by atoms with Gasteiger partial charge in [-0.1, -0.05) is 28.1 Å². The highest BCUT2D eigenvalue weighted by Gasteiger charge is 2.30. The summed E-state index contributed by atoms with van der Waals surface area (Å²) < 4.78 is 38.1. The summed E-state index contributed by atoms with van der Waals surface area (Å²) in [6, 6.07) is 11.2. The van der Waals surface area contributed by atoms with Gasteiger partial charge in [0.2, 0.25) is 21.8 Å². The SMILES string of the molecule is CNC(=O)[C@@H](C)N(Cc1ccc(Br)cc1)C(=O)CN(c1ccc2c(c1)OCCO2)S(C)(=O)=O. The van der Waals surface area contributed by atoms with E-state index in [-0.39, 0.29) is 18.1 Å². The van der Waals surface area contributed by atoms with Crippen LogP contribution >= 0.6 is 15.9 Å². The van der Waals surface area contributed by atoms with E-state index in [9.17, 15) is 18.0 Å². The number of sulfonamides is 1. The first-order chi connectivity index (χ1) is 15.6. The van der Waals surface area contributed by atoms with Gasteiger partial charge in [-0.2, -0.15) is 0 Å². The summed E-state index contributed by atoms with van der Waals surface area (Å²) in [4.78, 5) is 27.1. The third-order valence-corrected chi connectivity index (χ3v) is 6.84. The molecule has 0 saturated carbocycles. The summed E-state index contributed by atoms with van der Waals surface area (Å²) in [6.07, 6.45) is 1.03. The van der Waals surface area contributed by atoms with Crippen LogP contribution in [-0.2, 0) is 26.2 Å². The molecule has 1 N–H and O–H groups in total. The fraction of sp³-hybridized carbons (Fsp3) is 0.364. The Balaban J connectivity index is 1.91. The highest BCUT2D eigenvalue weighted by molar-refractivity contribution is 9.10. The van der Waals surface area contributed by atoms with Crippen LogP contribution in [0, 0.1) is 0 Å². The monoisotopic (exact) mass is 539 g/mol. The second kappa shape index (κ2) is 10.4. The minimum absolute atomic E-state index is 0.138. The van der Waals surface area contributed by atoms with Crippen molar-refractivity contribution in [3.8, 4) is 11.5 Å². The summed E-state index contributed by atoms with van der Waals surface area (Å²) >= 11 is 3.37. The molecule has 1 aliphatic heterocycles. The maximum atomic E-state index is 13.4. The normalized spacial score (nSPS) is 13.7. The van der Waals surface area contributed by atoms with Crippen molar-refractivity contribution in [2.45, 2.75) is 19.5 Å². The first-order valence-electron chi connectivity index (χ1n) is 10.2. The predicted octanol–water partition coefficient (Wildman–Crippen LogP) is 2.15. The third kappa shape index (κ3) is 6.17. The van der Waals surface area contributed by atoms with Crippen LogP contribution in [0.3, 0.4) is 0 Å². The van der Waals surface area contributed by atoms with E-state index in [1.165, 1.54) is 18.0 Å². The van der Waals surface area contributed by atoms with E-state index in [4.69, 9.17) is 9.47 Å². The molecular formula is C22H26BrN3O6S. The average Bonchev–Trinajstić information content (AvgIpc) is 2.80. The molecule has 2 aromatic rings. The van der Waals surface area contributed by atoms with Crippen molar-refractivity contribution in [2.24, 2.45) is 0 Å². The van der Waals surface area contributed by atoms with E-state index in [1.54, 1.807) is 19.1 Å². The van der Waals surface area contributed by atoms with Crippen molar-refractivity contribution in [3.63, 3.8) is 0 Å². The van der Waals surface area contributed by atoms with Crippen LogP contribution in [0.2, 0.25) is 0 Å². The van der Waals surface area contributed by atoms with Gasteiger partial charge in [-0.3, -0.25) is 13.9 Å². The zero-order valence-corrected chi connectivity index (χ0v) is 21.0. The highest BCUT2D eigenvalue weighted by atomic mass is 79.9. The first-order valence-corrected chi connectivity index (χ1v) is 12.9. The van der Waals surface area contributed by atoms with E-state index in [2.05, 4.69) is 21.2 Å². The van der Waals surface area contributed by atoms with E-state index in [0.29, 0.717) is 24.7 Å². The molecule has 33 heavy (non-hydrogen) atoms. The maximum absolute atomic E-state index is 13.4. The fourth-order valence-electron chi connectivity index (χ4n) is 3.38. The highest BCUT2D eigenvalue weighted by Crippen LogP contribution is 2.34. The van der Waals surface area contributed by atoms with E-state index in [0.717, 1.165) is 20.6 Å². The fourth-order valence-corrected chi connectivity index (χ4v) is 4.48. The Morgan fingerprint density at radius 3 is 2.33 bits per heavy atom. The Labute approximate surface area is 201 Å². The van der Waals surface area contributed by atoms with Gasteiger partial charge in [-0.15, -0.1) is 0 Å². The van der Waals surface area contributed by atoms with Gasteiger partial charge in [-0.25, -0.2) is 8.42 Å². The number of carbonyl (C=O) groups excluding carboxylic acids is 2. The van der Waals surface area contributed by atoms with Gasteiger partial charge in [0.05, 0.1) is 11.9 Å². The zero-order valence-electron chi connectivity index (χ0n) is 18.6. The van der Waals surface area contributed by atoms with Crippen LogP contribution in [0.15, 0.2) is 46.9 Å². The number of nitrogens with zero attached hydrogens (tertiary/aromatic N) is 2. The molecule has 0 aliphatic carbocycles. The quantitative estimate of drug-likeness (QED) is 0.551. The molecule has 0 spiro atoms. The molecule has 0 fully saturated rings. The topological polar surface area (TPSA) is 105 Å². The molecule has 11 heteroatoms. The summed E-state index contributed by atoms with van der Waals surface area (Å²) in [5, 5.41) is 2.54. The number of amides is 2. The number of nitrogens with one attached hydrogen (secondary N) is 1. The van der Waals surface area contributed by atoms with E-state index in [1.807, 2.05) is 24.3 Å². The van der Waals surface area contributed by atoms with Crippen molar-refractivity contribution in [2.75, 3.05) is 37.4 Å². The van der Waals surface area contributed by atoms with Gasteiger partial charge in [-0.05, 0) is 36.8 Å². The number of hydrogen-bond acceptors (Lipinski definition) is 6. The standard InChI is InChI=1S/C22H26BrN3O6S/c1-15(22(28)24-2)25(13-16-4-6-17(23)7-5-16)21(27)14-26(33(3,29)30)18-8-9-19-20(12-18)32-11-10-31-19/h4-9,12,15H,10-11,13-14H2,1-3H3,(H,24,28)/t15-/m1/s1. The number of benzene rings is 2. The van der Waals surface area contributed by atoms with Crippen molar-refractivity contribution in [3.05, 3.63) is 52.5 Å². The lowest BCUT2D eigenvalue weighted by molar-refractivity contribution is -0.139. The number of likely N-dealkylation sites (N-methyl/N-ethyl adjacent to an activating group) is 1. The van der Waals surface area contributed by atoms with Gasteiger partial charge >= 0.3 is 0 Å². The number of hydrogen-bond donors (Lipinski definition) is 1. The molecule has 0 radical (unpaired) electrons. The maximum Gasteiger partial charge on any atom is 0.244 e. The number of halogens is 1. The van der Waals surface area contributed by atoms with Crippen molar-refractivity contribution in [1.82, 2.24) is 10.2 Å². The molecule has 3 rings (SSSR count). The summed E-state index contributed by atoms with van der Waals surface area (Å²) in [5.74, 6) is 0.0419. The van der Waals surface area contributed by atoms with Crippen LogP contribution in [0.5, 0.6) is 11.5 Å². The number of anilines is 1. The average molecular weight is 540 g/mol. The Morgan fingerprint density at radius 2 is 1.73 bits per heavy atom. The van der Waals surface area contributed by atoms with Crippen molar-refractivity contribution >= 4 is 43.5 Å². The van der Waals surface area contributed by atoms with Gasteiger partial charge in [0, 0.05) is 24.1 Å². The molecule has 9 nitrogen and oxygen atoms in total. The number of carbonyl (C=O) groups is 2. The minimum atomic E-state index is -3.82. The molecule has 178 valence electrons. The van der Waals surface area contributed by atoms with Gasteiger partial charge in [0.1, 0.15) is 25.8 Å². The third-order valence-electron chi connectivity index (χ3n) is 5.17. The molecule has 1 atom stereocenters. The molecule has 1 heterocycles. The second-order valence-corrected chi connectivity index (χ2v) is 10.4. The van der Waals surface area contributed by atoms with Crippen LogP contribution < -0.4 is 19.1 Å². The smallest absolute Gasteiger partial charge is 0.244 e. The molecular weight excluding hydrogens is 514 g/mol. The van der Waals surface area contributed by atoms with Crippen LogP contribution in [0.1, 0.15) is 12.5 Å². The lowest BCUT2D eigenvalue weighted by Gasteiger charge is -2.31. The summed E-state index contributed by atoms with van der Waals surface area (Å²) in [7, 11) is -2.34. The Morgan fingerprint density at radius 1 is 1.09 bits per heavy atom. The molecule has 2 amide bonds. The summed E-state index contributed by atoms with van der Waals surface area (Å²) in [6.45, 7) is 2.02. The number of fused-ring (bicyclic) bond motifs is 1. The van der Waals surface area contributed by atoms with Gasteiger partial charge in [0.25, 0.3) is 0 Å². The second-order valence-electron chi connectivity index (χ2n) is 7.54. The number of rotatable bonds is 8. The molecule has 1 aliphatic rings. The van der Waals surface area contributed by atoms with Crippen LogP contribution in [0.25, 0.3) is 0 Å². The molecule has 2 aromatic carbocycles. The largest absolute Gasteiger partial charge is 0.486 e. The molecule has 0 saturated heterocycles. The van der Waals surface area contributed by atoms with Crippen molar-refractivity contribution in [1.29, 1.82) is 0 Å². The molecule has 0 bridgehead atoms. The van der Waals surface area contributed by atoms with Crippen LogP contribution in [-0.4, -0.2) is 64.2 Å². The van der Waals surface area contributed by atoms with E-state index < -0.39 is 28.5 Å². The Bertz CT molecular complexity index is 1120. The molecule has 0 unspecified atom stereocenters. The lowest BCUT2D eigenvalue weighted by atomic mass is 10.1. The van der Waals surface area contributed by atoms with Gasteiger partial charge < -0.3 is 19.7 Å². The minimum Gasteiger partial charge on any atom is -0.486 e. The Kier molecular flexibility index (Phi) is 7.85. The van der Waals surface area contributed by atoms with E-state index >= 15 is 0 Å². The predicted molar refractivity (Wildman–Crippen MR) is 128 cm³/mol.